The Morgan fingerprint density at radius 3 is 2.77 bits per heavy atom. The topological polar surface area (TPSA) is 34.1 Å². The maximum atomic E-state index is 12.4. The predicted octanol–water partition coefficient (Wildman–Crippen LogP) is 2.69. The molecule has 1 aliphatic rings. The fraction of sp³-hybridized carbons (Fsp3) is 0. The first kappa shape index (κ1) is 13.7. The van der Waals surface area contributed by atoms with E-state index < -0.39 is 0 Å². The Labute approximate surface area is 147 Å². The van der Waals surface area contributed by atoms with Crippen LogP contribution in [0.15, 0.2) is 34.1 Å². The van der Waals surface area contributed by atoms with Gasteiger partial charge < -0.3 is 0 Å². The van der Waals surface area contributed by atoms with Gasteiger partial charge >= 0.3 is 148 Å². The van der Waals surface area contributed by atoms with Gasteiger partial charge in [-0.25, -0.2) is 0 Å². The average molecular weight is 499 g/mol. The van der Waals surface area contributed by atoms with Crippen molar-refractivity contribution < 1.29 is 9.59 Å². The maximum absolute atomic E-state index is 12.4. The molecule has 6 heteroatoms. The summed E-state index contributed by atoms with van der Waals surface area (Å²) in [5, 5.41) is 1.82. The number of ketones is 2. The standard InChI is InChI=1S/C16H6O2SSe3/c17-12-8-1-3-19-14(8)13(18)9(12)5-7-6-11-16(21-7)15-10(22-11)2-4-20-15/h1-6H/b9-5+. The van der Waals surface area contributed by atoms with E-state index in [9.17, 15) is 9.59 Å². The van der Waals surface area contributed by atoms with Gasteiger partial charge in [-0.1, -0.05) is 0 Å². The van der Waals surface area contributed by atoms with Crippen molar-refractivity contribution in [2.75, 3.05) is 0 Å². The summed E-state index contributed by atoms with van der Waals surface area (Å²) in [6, 6.07) is 6.29. The van der Waals surface area contributed by atoms with Gasteiger partial charge in [-0.3, -0.25) is 0 Å². The number of hydrogen-bond acceptors (Lipinski definition) is 3. The summed E-state index contributed by atoms with van der Waals surface area (Å²) in [5.74, 6) is -0.182. The zero-order valence-electron chi connectivity index (χ0n) is 10.9. The molecule has 0 spiro atoms. The van der Waals surface area contributed by atoms with Crippen molar-refractivity contribution in [2.24, 2.45) is 0 Å². The fourth-order valence-corrected chi connectivity index (χ4v) is 13.4. The van der Waals surface area contributed by atoms with Gasteiger partial charge in [-0.2, -0.15) is 0 Å². The minimum atomic E-state index is -0.0952. The van der Waals surface area contributed by atoms with Crippen LogP contribution in [0.1, 0.15) is 24.5 Å². The number of thiophene rings is 1. The molecule has 4 heterocycles. The van der Waals surface area contributed by atoms with E-state index in [4.69, 9.17) is 0 Å². The molecule has 22 heavy (non-hydrogen) atoms. The summed E-state index contributed by atoms with van der Waals surface area (Å²) in [5.41, 5.74) is 0.957. The van der Waals surface area contributed by atoms with Crippen molar-refractivity contribution in [1.29, 1.82) is 0 Å². The molecule has 0 atom stereocenters. The third-order valence-electron chi connectivity index (χ3n) is 3.66. The summed E-state index contributed by atoms with van der Waals surface area (Å²) in [7, 11) is 0. The van der Waals surface area contributed by atoms with Crippen LogP contribution in [-0.4, -0.2) is 55.1 Å². The number of allylic oxidation sites excluding steroid dienone is 1. The Morgan fingerprint density at radius 1 is 1.00 bits per heavy atom. The Kier molecular flexibility index (Phi) is 3.05. The van der Waals surface area contributed by atoms with Crippen LogP contribution in [-0.2, 0) is 0 Å². The molecule has 0 saturated heterocycles. The van der Waals surface area contributed by atoms with Crippen molar-refractivity contribution >= 4 is 89.5 Å². The van der Waals surface area contributed by atoms with Gasteiger partial charge in [-0.05, 0) is 0 Å². The molecule has 106 valence electrons. The molecule has 4 aromatic heterocycles. The molecule has 1 aliphatic carbocycles. The number of hydrogen-bond donors (Lipinski definition) is 0. The molecule has 0 bridgehead atoms. The van der Waals surface area contributed by atoms with Crippen LogP contribution in [0.25, 0.3) is 23.1 Å². The van der Waals surface area contributed by atoms with Crippen molar-refractivity contribution in [3.05, 3.63) is 49.0 Å². The first-order chi connectivity index (χ1) is 10.7. The monoisotopic (exact) mass is 502 g/mol. The molecule has 4 aromatic rings. The fourth-order valence-electron chi connectivity index (χ4n) is 2.67. The molecule has 0 saturated carbocycles. The Hall–Kier alpha value is -0.702. The molecule has 0 aromatic carbocycles. The van der Waals surface area contributed by atoms with Gasteiger partial charge in [0.2, 0.25) is 0 Å². The van der Waals surface area contributed by atoms with Crippen LogP contribution in [0, 0.1) is 0 Å². The number of fused-ring (bicyclic) bond motifs is 4. The summed E-state index contributed by atoms with van der Waals surface area (Å²) in [6.07, 6.45) is 1.86. The van der Waals surface area contributed by atoms with Crippen molar-refractivity contribution in [3.63, 3.8) is 0 Å². The van der Waals surface area contributed by atoms with Crippen molar-refractivity contribution in [3.8, 4) is 0 Å². The van der Waals surface area contributed by atoms with E-state index >= 15 is 0 Å². The van der Waals surface area contributed by atoms with Crippen molar-refractivity contribution in [2.45, 2.75) is 0 Å². The van der Waals surface area contributed by atoms with Gasteiger partial charge in [0.15, 0.2) is 0 Å². The summed E-state index contributed by atoms with van der Waals surface area (Å²) >= 11 is 2.55. The van der Waals surface area contributed by atoms with Gasteiger partial charge in [0, 0.05) is 0 Å². The van der Waals surface area contributed by atoms with E-state index in [-0.39, 0.29) is 26.1 Å². The molecular formula is C16H6O2SSe3. The Morgan fingerprint density at radius 2 is 1.91 bits per heavy atom. The summed E-state index contributed by atoms with van der Waals surface area (Å²) < 4.78 is 7.32. The van der Waals surface area contributed by atoms with E-state index in [1.54, 1.807) is 14.6 Å². The Balaban J connectivity index is 1.66. The van der Waals surface area contributed by atoms with E-state index in [0.717, 1.165) is 0 Å². The molecule has 0 N–H and O–H groups in total. The van der Waals surface area contributed by atoms with Gasteiger partial charge in [0.1, 0.15) is 0 Å². The molecule has 0 unspecified atom stereocenters. The number of Topliss-reactive ketones (excluding diaryl/α,β-unsaturated/α-hetero) is 2. The van der Waals surface area contributed by atoms with Crippen LogP contribution in [0.5, 0.6) is 0 Å². The van der Waals surface area contributed by atoms with Crippen molar-refractivity contribution in [1.82, 2.24) is 0 Å². The summed E-state index contributed by atoms with van der Waals surface area (Å²) in [6.45, 7) is 0. The zero-order chi connectivity index (χ0) is 14.8. The third-order valence-corrected chi connectivity index (χ3v) is 13.1. The van der Waals surface area contributed by atoms with E-state index in [1.807, 2.05) is 11.5 Å². The van der Waals surface area contributed by atoms with E-state index in [2.05, 4.69) is 17.1 Å². The number of rotatable bonds is 1. The first-order valence-corrected chi connectivity index (χ1v) is 12.7. The second-order valence-corrected chi connectivity index (χ2v) is 12.3. The van der Waals surface area contributed by atoms with Gasteiger partial charge in [0.05, 0.1) is 0 Å². The molecule has 2 nitrogen and oxygen atoms in total. The molecule has 0 fully saturated rings. The minimum absolute atomic E-state index is 0.0871. The first-order valence-electron chi connectivity index (χ1n) is 6.50. The molecule has 5 rings (SSSR count). The second-order valence-electron chi connectivity index (χ2n) is 4.94. The second kappa shape index (κ2) is 4.90. The van der Waals surface area contributed by atoms with Crippen LogP contribution in [0.2, 0.25) is 0 Å². The average Bonchev–Trinajstić information content (AvgIpc) is 3.24. The van der Waals surface area contributed by atoms with Crippen LogP contribution in [0.4, 0.5) is 0 Å². The van der Waals surface area contributed by atoms with Crippen LogP contribution < -0.4 is 0 Å². The Bertz CT molecular complexity index is 1090. The van der Waals surface area contributed by atoms with Crippen LogP contribution in [0.3, 0.4) is 0 Å². The zero-order valence-corrected chi connectivity index (χ0v) is 16.9. The predicted molar refractivity (Wildman–Crippen MR) is 93.2 cm³/mol. The van der Waals surface area contributed by atoms with E-state index in [0.29, 0.717) is 45.0 Å². The summed E-state index contributed by atoms with van der Waals surface area (Å²) in [4.78, 5) is 27.6. The van der Waals surface area contributed by atoms with E-state index in [1.165, 1.54) is 24.3 Å². The van der Waals surface area contributed by atoms with Gasteiger partial charge in [-0.15, -0.1) is 0 Å². The number of carbonyl (C=O) groups excluding carboxylic acids is 2. The molecule has 0 amide bonds. The normalized spacial score (nSPS) is 16.5. The quantitative estimate of drug-likeness (QED) is 0.230. The molecular weight excluding hydrogens is 493 g/mol. The third kappa shape index (κ3) is 1.84. The molecule has 0 radical (unpaired) electrons. The van der Waals surface area contributed by atoms with Gasteiger partial charge in [0.25, 0.3) is 0 Å². The molecule has 0 aliphatic heterocycles. The van der Waals surface area contributed by atoms with Crippen LogP contribution >= 0.6 is 11.3 Å². The number of carbonyl (C=O) groups is 2. The SMILES string of the molecule is O=C1/C(=C\c2cc3[se]c4cc[se]c4c3[se]2)C(=O)c2sccc21.